The minimum absolute atomic E-state index is 0.0520. The minimum atomic E-state index is -4.86. The van der Waals surface area contributed by atoms with Crippen LogP contribution in [0, 0.1) is 0 Å². The molecule has 1 saturated heterocycles. The van der Waals surface area contributed by atoms with E-state index >= 15 is 0 Å². The number of fused-ring (bicyclic) bond motifs is 1. The van der Waals surface area contributed by atoms with E-state index in [9.17, 15) is 31.1 Å². The molecule has 1 aromatic carbocycles. The summed E-state index contributed by atoms with van der Waals surface area (Å²) in [6.07, 6.45) is -9.61. The van der Waals surface area contributed by atoms with Crippen LogP contribution < -0.4 is 10.1 Å². The highest BCUT2D eigenvalue weighted by atomic mass is 19.4. The van der Waals surface area contributed by atoms with E-state index in [1.54, 1.807) is 0 Å². The first-order valence-corrected chi connectivity index (χ1v) is 8.71. The summed E-state index contributed by atoms with van der Waals surface area (Å²) in [4.78, 5) is 21.7. The fraction of sp³-hybridized carbons (Fsp3) is 0.471. The van der Waals surface area contributed by atoms with Crippen LogP contribution in [0.15, 0.2) is 24.5 Å². The quantitative estimate of drug-likeness (QED) is 0.721. The van der Waals surface area contributed by atoms with E-state index in [1.165, 1.54) is 17.9 Å². The molecule has 1 aliphatic rings. The highest BCUT2D eigenvalue weighted by molar-refractivity contribution is 5.92. The van der Waals surface area contributed by atoms with Crippen molar-refractivity contribution in [2.45, 2.75) is 38.2 Å². The van der Waals surface area contributed by atoms with Crippen molar-refractivity contribution in [1.82, 2.24) is 14.9 Å². The lowest BCUT2D eigenvalue weighted by molar-refractivity contribution is -0.340. The number of benzene rings is 1. The van der Waals surface area contributed by atoms with Crippen LogP contribution in [0.1, 0.15) is 13.3 Å². The van der Waals surface area contributed by atoms with Gasteiger partial charge in [-0.2, -0.15) is 0 Å². The Kier molecular flexibility index (Phi) is 5.92. The predicted molar refractivity (Wildman–Crippen MR) is 91.4 cm³/mol. The first-order valence-electron chi connectivity index (χ1n) is 8.71. The van der Waals surface area contributed by atoms with Crippen molar-refractivity contribution >= 4 is 22.6 Å². The molecule has 1 N–H and O–H groups in total. The fourth-order valence-corrected chi connectivity index (χ4v) is 3.10. The highest BCUT2D eigenvalue weighted by Gasteiger charge is 2.38. The monoisotopic (exact) mass is 438 g/mol. The maximum absolute atomic E-state index is 12.5. The van der Waals surface area contributed by atoms with Gasteiger partial charge < -0.3 is 15.0 Å². The molecule has 0 aliphatic carbocycles. The number of carbonyl (C=O) groups excluding carboxylic acids is 1. The van der Waals surface area contributed by atoms with E-state index in [0.717, 1.165) is 18.5 Å². The summed E-state index contributed by atoms with van der Waals surface area (Å²) in [5.41, 5.74) is 0.147. The number of amides is 1. The third kappa shape index (κ3) is 5.62. The summed E-state index contributed by atoms with van der Waals surface area (Å²) in [5.74, 6) is -0.745. The number of anilines is 1. The number of nitrogens with one attached hydrogen (secondary N) is 1. The van der Waals surface area contributed by atoms with Crippen LogP contribution in [0.3, 0.4) is 0 Å². The summed E-state index contributed by atoms with van der Waals surface area (Å²) in [6.45, 7) is 1.40. The molecule has 1 aromatic heterocycles. The number of rotatable bonds is 5. The number of nitrogens with zero attached hydrogens (tertiary/aromatic N) is 3. The Morgan fingerprint density at radius 2 is 1.93 bits per heavy atom. The largest absolute Gasteiger partial charge is 0.573 e. The van der Waals surface area contributed by atoms with Gasteiger partial charge in [0, 0.05) is 24.5 Å². The van der Waals surface area contributed by atoms with E-state index in [4.69, 9.17) is 0 Å². The average Bonchev–Trinajstić information content (AvgIpc) is 3.06. The van der Waals surface area contributed by atoms with Crippen LogP contribution in [-0.2, 0) is 9.53 Å². The molecular weight excluding hydrogens is 422 g/mol. The number of likely N-dealkylation sites (tertiary alicyclic amines) is 1. The molecule has 3 rings (SSSR count). The highest BCUT2D eigenvalue weighted by Crippen LogP contribution is 2.29. The fourth-order valence-electron chi connectivity index (χ4n) is 3.10. The van der Waals surface area contributed by atoms with Crippen molar-refractivity contribution in [3.63, 3.8) is 0 Å². The van der Waals surface area contributed by atoms with Crippen LogP contribution >= 0.6 is 0 Å². The standard InChI is InChI=1S/C17H16F6N4O3/c1-9(15(28)27-5-4-11(7-27)30-17(21,22)23)26-14-12-3-2-10(29-16(18,19)20)6-13(12)24-8-25-14/h2-3,6,8-9,11H,4-5,7H2,1H3,(H,24,25,26)/t9-,11?/m1/s1. The average molecular weight is 438 g/mol. The Hall–Kier alpha value is -2.83. The van der Waals surface area contributed by atoms with Crippen LogP contribution in [0.5, 0.6) is 5.75 Å². The van der Waals surface area contributed by atoms with Gasteiger partial charge in [-0.3, -0.25) is 9.53 Å². The molecule has 1 aliphatic heterocycles. The summed E-state index contributed by atoms with van der Waals surface area (Å²) in [7, 11) is 0. The van der Waals surface area contributed by atoms with E-state index in [-0.39, 0.29) is 30.8 Å². The third-order valence-corrected chi connectivity index (χ3v) is 4.32. The molecule has 164 valence electrons. The summed E-state index contributed by atoms with van der Waals surface area (Å²) >= 11 is 0. The Labute approximate surface area is 166 Å². The number of aromatic nitrogens is 2. The van der Waals surface area contributed by atoms with Gasteiger partial charge in [-0.05, 0) is 25.5 Å². The molecule has 1 amide bonds. The molecule has 2 atom stereocenters. The van der Waals surface area contributed by atoms with E-state index < -0.39 is 36.5 Å². The van der Waals surface area contributed by atoms with Gasteiger partial charge >= 0.3 is 12.7 Å². The number of hydrogen-bond acceptors (Lipinski definition) is 6. The lowest BCUT2D eigenvalue weighted by Gasteiger charge is -2.22. The van der Waals surface area contributed by atoms with Gasteiger partial charge in [-0.15, -0.1) is 26.3 Å². The van der Waals surface area contributed by atoms with E-state index in [1.807, 2.05) is 0 Å². The zero-order valence-electron chi connectivity index (χ0n) is 15.4. The van der Waals surface area contributed by atoms with Crippen molar-refractivity contribution in [3.05, 3.63) is 24.5 Å². The molecule has 0 saturated carbocycles. The normalized spacial score (nSPS) is 18.5. The van der Waals surface area contributed by atoms with Gasteiger partial charge in [-0.25, -0.2) is 9.97 Å². The maximum Gasteiger partial charge on any atom is 0.573 e. The molecule has 0 radical (unpaired) electrons. The van der Waals surface area contributed by atoms with Crippen molar-refractivity contribution < 1.29 is 40.6 Å². The zero-order chi connectivity index (χ0) is 22.1. The van der Waals surface area contributed by atoms with Gasteiger partial charge in [0.1, 0.15) is 23.9 Å². The van der Waals surface area contributed by atoms with Crippen molar-refractivity contribution in [2.24, 2.45) is 0 Å². The Morgan fingerprint density at radius 1 is 1.20 bits per heavy atom. The molecule has 7 nitrogen and oxygen atoms in total. The lowest BCUT2D eigenvalue weighted by atomic mass is 10.2. The van der Waals surface area contributed by atoms with Gasteiger partial charge in [0.25, 0.3) is 0 Å². The van der Waals surface area contributed by atoms with Crippen molar-refractivity contribution in [3.8, 4) is 5.75 Å². The summed E-state index contributed by atoms with van der Waals surface area (Å²) < 4.78 is 81.9. The second-order valence-corrected chi connectivity index (χ2v) is 6.57. The number of ether oxygens (including phenoxy) is 2. The van der Waals surface area contributed by atoms with Crippen LogP contribution in [0.2, 0.25) is 0 Å². The SMILES string of the molecule is C[C@@H](Nc1ncnc2cc(OC(F)(F)F)ccc12)C(=O)N1CCC(OC(F)(F)F)C1. The topological polar surface area (TPSA) is 76.6 Å². The van der Waals surface area contributed by atoms with Crippen LogP contribution in [-0.4, -0.2) is 58.7 Å². The molecule has 30 heavy (non-hydrogen) atoms. The predicted octanol–water partition coefficient (Wildman–Crippen LogP) is 3.47. The Bertz CT molecular complexity index is 920. The number of hydrogen-bond donors (Lipinski definition) is 1. The Balaban J connectivity index is 1.69. The van der Waals surface area contributed by atoms with Crippen LogP contribution in [0.25, 0.3) is 10.9 Å². The van der Waals surface area contributed by atoms with Crippen LogP contribution in [0.4, 0.5) is 32.2 Å². The van der Waals surface area contributed by atoms with E-state index in [0.29, 0.717) is 5.39 Å². The smallest absolute Gasteiger partial charge is 0.406 e. The summed E-state index contributed by atoms with van der Waals surface area (Å²) in [6, 6.07) is 2.59. The van der Waals surface area contributed by atoms with Gasteiger partial charge in [0.15, 0.2) is 0 Å². The van der Waals surface area contributed by atoms with Gasteiger partial charge in [0.2, 0.25) is 5.91 Å². The molecule has 13 heteroatoms. The molecule has 1 unspecified atom stereocenters. The molecule has 2 heterocycles. The number of alkyl halides is 6. The lowest BCUT2D eigenvalue weighted by Crippen LogP contribution is -2.41. The molecule has 0 bridgehead atoms. The molecule has 2 aromatic rings. The second-order valence-electron chi connectivity index (χ2n) is 6.57. The summed E-state index contributed by atoms with van der Waals surface area (Å²) in [5, 5.41) is 3.16. The molecule has 0 spiro atoms. The van der Waals surface area contributed by atoms with Crippen molar-refractivity contribution in [1.29, 1.82) is 0 Å². The van der Waals surface area contributed by atoms with E-state index in [2.05, 4.69) is 24.8 Å². The van der Waals surface area contributed by atoms with Gasteiger partial charge in [-0.1, -0.05) is 0 Å². The van der Waals surface area contributed by atoms with Crippen molar-refractivity contribution in [2.75, 3.05) is 18.4 Å². The zero-order valence-corrected chi connectivity index (χ0v) is 15.4. The molecule has 1 fully saturated rings. The van der Waals surface area contributed by atoms with Gasteiger partial charge in [0.05, 0.1) is 11.6 Å². The number of halogens is 6. The molecular formula is C17H16F6N4O3. The first kappa shape index (κ1) is 21.9. The minimum Gasteiger partial charge on any atom is -0.406 e. The second kappa shape index (κ2) is 8.13. The Morgan fingerprint density at radius 3 is 2.60 bits per heavy atom. The number of carbonyl (C=O) groups is 1. The third-order valence-electron chi connectivity index (χ3n) is 4.32. The maximum atomic E-state index is 12.5. The first-order chi connectivity index (χ1) is 13.9.